The molecule has 0 saturated carbocycles. The third-order valence-electron chi connectivity index (χ3n) is 4.25. The van der Waals surface area contributed by atoms with E-state index in [1.165, 1.54) is 17.1 Å². The van der Waals surface area contributed by atoms with Crippen LogP contribution in [-0.4, -0.2) is 30.5 Å². The normalized spacial score (nSPS) is 11.0. The molecule has 0 aliphatic heterocycles. The molecule has 0 bridgehead atoms. The molecule has 1 amide bonds. The minimum atomic E-state index is -1.09. The lowest BCUT2D eigenvalue weighted by molar-refractivity contribution is -0.116. The molecule has 1 N–H and O–H groups in total. The molecule has 0 aliphatic carbocycles. The van der Waals surface area contributed by atoms with Gasteiger partial charge in [0.2, 0.25) is 5.91 Å². The van der Waals surface area contributed by atoms with Gasteiger partial charge in [0, 0.05) is 16.8 Å². The lowest BCUT2D eigenvalue weighted by Crippen LogP contribution is -2.28. The van der Waals surface area contributed by atoms with Crippen LogP contribution in [0.15, 0.2) is 53.6 Å². The van der Waals surface area contributed by atoms with Crippen LogP contribution in [0.4, 0.5) is 14.5 Å². The van der Waals surface area contributed by atoms with Crippen LogP contribution in [0.25, 0.3) is 11.2 Å². The Morgan fingerprint density at radius 2 is 1.87 bits per heavy atom. The third-order valence-corrected chi connectivity index (χ3v) is 4.51. The zero-order valence-electron chi connectivity index (χ0n) is 15.2. The average Bonchev–Trinajstić information content (AvgIpc) is 3.12. The lowest BCUT2D eigenvalue weighted by atomic mass is 10.2. The Morgan fingerprint density at radius 3 is 2.60 bits per heavy atom. The predicted octanol–water partition coefficient (Wildman–Crippen LogP) is 2.61. The van der Waals surface area contributed by atoms with Crippen LogP contribution in [0, 0.1) is 11.6 Å². The summed E-state index contributed by atoms with van der Waals surface area (Å²) in [4.78, 5) is 29.0. The first kappa shape index (κ1) is 19.6. The van der Waals surface area contributed by atoms with Gasteiger partial charge < -0.3 is 5.32 Å². The Bertz CT molecular complexity index is 1300. The summed E-state index contributed by atoms with van der Waals surface area (Å²) in [5.74, 6) is -2.73. The highest BCUT2D eigenvalue weighted by molar-refractivity contribution is 6.30. The molecule has 30 heavy (non-hydrogen) atoms. The lowest BCUT2D eigenvalue weighted by Gasteiger charge is -2.07. The number of nitrogens with one attached hydrogen (secondary N) is 1. The van der Waals surface area contributed by atoms with E-state index in [1.807, 2.05) is 12.1 Å². The van der Waals surface area contributed by atoms with Crippen molar-refractivity contribution in [1.82, 2.24) is 24.5 Å². The van der Waals surface area contributed by atoms with Gasteiger partial charge in [-0.3, -0.25) is 14.2 Å². The molecule has 0 fully saturated rings. The van der Waals surface area contributed by atoms with Gasteiger partial charge in [-0.25, -0.2) is 18.4 Å². The van der Waals surface area contributed by atoms with E-state index in [2.05, 4.69) is 20.6 Å². The molecule has 2 heterocycles. The van der Waals surface area contributed by atoms with Crippen LogP contribution in [0.1, 0.15) is 5.56 Å². The van der Waals surface area contributed by atoms with Crippen LogP contribution >= 0.6 is 11.6 Å². The molecule has 0 spiro atoms. The van der Waals surface area contributed by atoms with Crippen molar-refractivity contribution >= 4 is 34.4 Å². The molecule has 0 radical (unpaired) electrons. The summed E-state index contributed by atoms with van der Waals surface area (Å²) in [6.45, 7) is -0.0500. The van der Waals surface area contributed by atoms with E-state index in [0.29, 0.717) is 11.6 Å². The van der Waals surface area contributed by atoms with Crippen molar-refractivity contribution in [3.63, 3.8) is 0 Å². The van der Waals surface area contributed by atoms with Crippen molar-refractivity contribution in [2.24, 2.45) is 0 Å². The summed E-state index contributed by atoms with van der Waals surface area (Å²) in [7, 11) is 0. The number of anilines is 1. The van der Waals surface area contributed by atoms with Crippen LogP contribution < -0.4 is 10.9 Å². The van der Waals surface area contributed by atoms with E-state index in [4.69, 9.17) is 11.6 Å². The topological polar surface area (TPSA) is 94.7 Å². The van der Waals surface area contributed by atoms with Gasteiger partial charge in [0.15, 0.2) is 22.8 Å². The molecule has 11 heteroatoms. The second-order valence-electron chi connectivity index (χ2n) is 6.40. The molecule has 8 nitrogen and oxygen atoms in total. The molecule has 4 aromatic rings. The fraction of sp³-hybridized carbons (Fsp3) is 0.105. The fourth-order valence-corrected chi connectivity index (χ4v) is 2.92. The van der Waals surface area contributed by atoms with E-state index >= 15 is 0 Å². The van der Waals surface area contributed by atoms with Crippen molar-refractivity contribution in [2.75, 3.05) is 5.32 Å². The smallest absolute Gasteiger partial charge is 0.283 e. The standard InChI is InChI=1S/C19H13ClF2N6O2/c20-12-3-1-11(2-4-12)8-28-18-17(25-26-28)19(30)27(10-23-18)9-16(29)24-13-5-6-14(21)15(22)7-13/h1-7,10H,8-9H2,(H,24,29). The third kappa shape index (κ3) is 4.03. The molecular formula is C19H13ClF2N6O2. The molecule has 152 valence electrons. The van der Waals surface area contributed by atoms with Crippen molar-refractivity contribution in [1.29, 1.82) is 0 Å². The van der Waals surface area contributed by atoms with Crippen LogP contribution in [0.3, 0.4) is 0 Å². The Balaban J connectivity index is 1.53. The monoisotopic (exact) mass is 430 g/mol. The first-order chi connectivity index (χ1) is 14.4. The molecule has 2 aromatic heterocycles. The molecule has 4 rings (SSSR count). The number of halogens is 3. The maximum atomic E-state index is 13.3. The number of benzene rings is 2. The summed E-state index contributed by atoms with van der Waals surface area (Å²) in [6, 6.07) is 10.1. The van der Waals surface area contributed by atoms with Gasteiger partial charge in [0.05, 0.1) is 6.54 Å². The van der Waals surface area contributed by atoms with E-state index in [-0.39, 0.29) is 23.4 Å². The molecule has 0 aliphatic rings. The van der Waals surface area contributed by atoms with Crippen LogP contribution in [-0.2, 0) is 17.9 Å². The predicted molar refractivity (Wildman–Crippen MR) is 105 cm³/mol. The van der Waals surface area contributed by atoms with Crippen LogP contribution in [0.2, 0.25) is 5.02 Å². The summed E-state index contributed by atoms with van der Waals surface area (Å²) < 4.78 is 28.8. The van der Waals surface area contributed by atoms with Gasteiger partial charge in [-0.15, -0.1) is 5.10 Å². The maximum Gasteiger partial charge on any atom is 0.283 e. The first-order valence-electron chi connectivity index (χ1n) is 8.68. The summed E-state index contributed by atoms with van der Waals surface area (Å²) >= 11 is 5.87. The highest BCUT2D eigenvalue weighted by Gasteiger charge is 2.14. The molecule has 2 aromatic carbocycles. The van der Waals surface area contributed by atoms with E-state index < -0.39 is 23.1 Å². The fourth-order valence-electron chi connectivity index (χ4n) is 2.80. The second kappa shape index (κ2) is 7.99. The second-order valence-corrected chi connectivity index (χ2v) is 6.84. The van der Waals surface area contributed by atoms with Gasteiger partial charge >= 0.3 is 0 Å². The molecule has 0 saturated heterocycles. The van der Waals surface area contributed by atoms with Gasteiger partial charge in [-0.05, 0) is 29.8 Å². The van der Waals surface area contributed by atoms with E-state index in [1.54, 1.807) is 12.1 Å². The summed E-state index contributed by atoms with van der Waals surface area (Å²) in [5, 5.41) is 10.8. The summed E-state index contributed by atoms with van der Waals surface area (Å²) in [5.41, 5.74) is 0.681. The number of amides is 1. The Hall–Kier alpha value is -3.66. The van der Waals surface area contributed by atoms with E-state index in [0.717, 1.165) is 22.3 Å². The highest BCUT2D eigenvalue weighted by atomic mass is 35.5. The minimum Gasteiger partial charge on any atom is -0.324 e. The van der Waals surface area contributed by atoms with Gasteiger partial charge in [-0.2, -0.15) is 0 Å². The average molecular weight is 431 g/mol. The highest BCUT2D eigenvalue weighted by Crippen LogP contribution is 2.14. The number of carbonyl (C=O) groups excluding carboxylic acids is 1. The number of aromatic nitrogens is 5. The first-order valence-corrected chi connectivity index (χ1v) is 9.06. The molecule has 0 atom stereocenters. The number of rotatable bonds is 5. The molecule has 0 unspecified atom stereocenters. The van der Waals surface area contributed by atoms with Crippen molar-refractivity contribution in [2.45, 2.75) is 13.1 Å². The van der Waals surface area contributed by atoms with Crippen LogP contribution in [0.5, 0.6) is 0 Å². The maximum absolute atomic E-state index is 13.3. The minimum absolute atomic E-state index is 0.00656. The zero-order chi connectivity index (χ0) is 21.3. The largest absolute Gasteiger partial charge is 0.324 e. The summed E-state index contributed by atoms with van der Waals surface area (Å²) in [6.07, 6.45) is 1.21. The van der Waals surface area contributed by atoms with Crippen molar-refractivity contribution in [3.8, 4) is 0 Å². The number of nitrogens with zero attached hydrogens (tertiary/aromatic N) is 5. The van der Waals surface area contributed by atoms with Gasteiger partial charge in [0.25, 0.3) is 5.56 Å². The molecular weight excluding hydrogens is 418 g/mol. The van der Waals surface area contributed by atoms with Crippen molar-refractivity contribution in [3.05, 3.63) is 81.4 Å². The van der Waals surface area contributed by atoms with Gasteiger partial charge in [0.1, 0.15) is 12.9 Å². The van der Waals surface area contributed by atoms with E-state index in [9.17, 15) is 18.4 Å². The Morgan fingerprint density at radius 1 is 1.10 bits per heavy atom. The van der Waals surface area contributed by atoms with Gasteiger partial charge in [-0.1, -0.05) is 28.9 Å². The Kier molecular flexibility index (Phi) is 5.23. The Labute approximate surface area is 172 Å². The number of carbonyl (C=O) groups is 1. The number of hydrogen-bond donors (Lipinski definition) is 1. The SMILES string of the molecule is O=C(Cn1cnc2c(nnn2Cc2ccc(Cl)cc2)c1=O)Nc1ccc(F)c(F)c1. The van der Waals surface area contributed by atoms with Crippen molar-refractivity contribution < 1.29 is 13.6 Å². The number of fused-ring (bicyclic) bond motifs is 1. The zero-order valence-corrected chi connectivity index (χ0v) is 16.0. The number of hydrogen-bond acceptors (Lipinski definition) is 5. The quantitative estimate of drug-likeness (QED) is 0.525.